The molecule has 4 atom stereocenters. The van der Waals surface area contributed by atoms with Crippen LogP contribution in [0.2, 0.25) is 5.02 Å². The van der Waals surface area contributed by atoms with Crippen LogP contribution in [-0.2, 0) is 23.0 Å². The topological polar surface area (TPSA) is 98.7 Å². The molecule has 2 heterocycles. The summed E-state index contributed by atoms with van der Waals surface area (Å²) in [5.41, 5.74) is 0.548. The normalized spacial score (nSPS) is 28.6. The Morgan fingerprint density at radius 3 is 2.59 bits per heavy atom. The molecule has 2 aromatic carbocycles. The summed E-state index contributed by atoms with van der Waals surface area (Å²) in [6, 6.07) is 10.6. The van der Waals surface area contributed by atoms with Gasteiger partial charge in [-0.3, -0.25) is 4.79 Å². The lowest BCUT2D eigenvalue weighted by Gasteiger charge is -2.48. The Hall–Kier alpha value is -2.76. The molecule has 0 spiro atoms. The van der Waals surface area contributed by atoms with Gasteiger partial charge < -0.3 is 15.3 Å². The zero-order chi connectivity index (χ0) is 31.7. The second-order valence-corrected chi connectivity index (χ2v) is 14.6. The molecule has 1 aliphatic carbocycles. The first-order valence-corrected chi connectivity index (χ1v) is 17.2. The van der Waals surface area contributed by atoms with Crippen LogP contribution in [0.15, 0.2) is 48.6 Å². The van der Waals surface area contributed by atoms with Crippen molar-refractivity contribution in [2.24, 2.45) is 11.8 Å². The zero-order valence-electron chi connectivity index (χ0n) is 24.7. The number of fused-ring (bicyclic) bond motifs is 3. The lowest BCUT2D eigenvalue weighted by atomic mass is 9.64. The Morgan fingerprint density at radius 1 is 1.09 bits per heavy atom. The summed E-state index contributed by atoms with van der Waals surface area (Å²) < 4.78 is 71.9. The van der Waals surface area contributed by atoms with Gasteiger partial charge in [0.05, 0.1) is 16.6 Å². The average Bonchev–Trinajstić information content (AvgIpc) is 2.97. The quantitative estimate of drug-likeness (QED) is 0.300. The standard InChI is InChI=1S/C32H39ClF3N3O4S/c1-2-26-8-3-5-15-31(41,32(34,35)36)27-13-10-24(27)20-39-16-6-4-7-21-17-25(33)12-9-23(21)19-37-28-14-11-22(18-29(28)39)30(40)38-44(26,42)43/h5,9,11-12,14-15,17-18,24,26-27,37,41H,2-4,6-8,10,13,16,19-20H2,1H3,(H,38,40)/b15-5+/t24-,26+,27+,31-/m0/s1. The van der Waals surface area contributed by atoms with Crippen molar-refractivity contribution in [1.82, 2.24) is 4.72 Å². The number of sulfonamides is 1. The molecule has 5 rings (SSSR count). The molecule has 12 heteroatoms. The van der Waals surface area contributed by atoms with Gasteiger partial charge in [-0.1, -0.05) is 30.7 Å². The van der Waals surface area contributed by atoms with Crippen LogP contribution in [0, 0.1) is 11.8 Å². The van der Waals surface area contributed by atoms with Crippen LogP contribution in [0.1, 0.15) is 73.4 Å². The summed E-state index contributed by atoms with van der Waals surface area (Å²) in [7, 11) is -4.12. The number of benzene rings is 2. The minimum atomic E-state index is -4.90. The van der Waals surface area contributed by atoms with Crippen molar-refractivity contribution in [2.75, 3.05) is 23.3 Å². The van der Waals surface area contributed by atoms with Gasteiger partial charge in [0, 0.05) is 36.1 Å². The molecule has 1 fully saturated rings. The molecule has 7 nitrogen and oxygen atoms in total. The number of hydrogen-bond donors (Lipinski definition) is 3. The maximum absolute atomic E-state index is 14.5. The van der Waals surface area contributed by atoms with Crippen LogP contribution in [0.4, 0.5) is 24.5 Å². The van der Waals surface area contributed by atoms with Gasteiger partial charge in [-0.05, 0) is 105 Å². The van der Waals surface area contributed by atoms with Gasteiger partial charge in [-0.15, -0.1) is 0 Å². The third-order valence-corrected chi connectivity index (χ3v) is 11.6. The minimum absolute atomic E-state index is 0.00617. The van der Waals surface area contributed by atoms with Crippen LogP contribution in [0.5, 0.6) is 0 Å². The third kappa shape index (κ3) is 6.74. The van der Waals surface area contributed by atoms with Crippen LogP contribution < -0.4 is 14.9 Å². The van der Waals surface area contributed by atoms with E-state index in [-0.39, 0.29) is 37.8 Å². The number of rotatable bonds is 1. The summed E-state index contributed by atoms with van der Waals surface area (Å²) in [5, 5.41) is 14.2. The average molecular weight is 654 g/mol. The van der Waals surface area contributed by atoms with E-state index in [1.165, 1.54) is 6.08 Å². The van der Waals surface area contributed by atoms with Crippen molar-refractivity contribution in [3.8, 4) is 0 Å². The predicted molar refractivity (Wildman–Crippen MR) is 166 cm³/mol. The molecule has 1 saturated carbocycles. The van der Waals surface area contributed by atoms with Gasteiger partial charge >= 0.3 is 6.18 Å². The van der Waals surface area contributed by atoms with E-state index in [2.05, 4.69) is 10.0 Å². The Morgan fingerprint density at radius 2 is 1.89 bits per heavy atom. The lowest BCUT2D eigenvalue weighted by Crippen LogP contribution is -2.57. The fraction of sp³-hybridized carbons (Fsp3) is 0.531. The van der Waals surface area contributed by atoms with Crippen molar-refractivity contribution in [2.45, 2.75) is 81.9 Å². The smallest absolute Gasteiger partial charge is 0.379 e. The summed E-state index contributed by atoms with van der Waals surface area (Å²) in [5.74, 6) is -2.25. The summed E-state index contributed by atoms with van der Waals surface area (Å²) in [6.07, 6.45) is 0.369. The molecular formula is C32H39ClF3N3O4S. The number of carbonyl (C=O) groups is 1. The van der Waals surface area contributed by atoms with Crippen LogP contribution in [0.25, 0.3) is 0 Å². The highest BCUT2D eigenvalue weighted by Crippen LogP contribution is 2.50. The first-order chi connectivity index (χ1) is 20.8. The Balaban J connectivity index is 1.58. The number of amides is 1. The molecule has 2 aromatic rings. The number of nitrogens with zero attached hydrogens (tertiary/aromatic N) is 1. The van der Waals surface area contributed by atoms with E-state index in [0.29, 0.717) is 35.9 Å². The van der Waals surface area contributed by atoms with Gasteiger partial charge in [0.1, 0.15) is 0 Å². The fourth-order valence-corrected chi connectivity index (χ4v) is 8.30. The lowest BCUT2D eigenvalue weighted by molar-refractivity contribution is -0.273. The number of aryl methyl sites for hydroxylation is 1. The molecule has 3 N–H and O–H groups in total. The van der Waals surface area contributed by atoms with Crippen molar-refractivity contribution < 1.29 is 31.5 Å². The molecule has 0 radical (unpaired) electrons. The number of nitrogens with one attached hydrogen (secondary N) is 2. The molecule has 0 aromatic heterocycles. The largest absolute Gasteiger partial charge is 0.421 e. The van der Waals surface area contributed by atoms with Crippen LogP contribution in [0.3, 0.4) is 0 Å². The van der Waals surface area contributed by atoms with E-state index >= 15 is 0 Å². The van der Waals surface area contributed by atoms with E-state index in [1.54, 1.807) is 25.1 Å². The molecule has 0 saturated heterocycles. The van der Waals surface area contributed by atoms with E-state index < -0.39 is 44.8 Å². The first kappa shape index (κ1) is 32.6. The van der Waals surface area contributed by atoms with Crippen LogP contribution in [-0.4, -0.2) is 49.5 Å². The second-order valence-electron chi connectivity index (χ2n) is 12.2. The highest BCUT2D eigenvalue weighted by molar-refractivity contribution is 7.90. The molecule has 240 valence electrons. The molecule has 44 heavy (non-hydrogen) atoms. The van der Waals surface area contributed by atoms with E-state index in [0.717, 1.165) is 36.5 Å². The van der Waals surface area contributed by atoms with Crippen molar-refractivity contribution in [3.63, 3.8) is 0 Å². The Labute approximate surface area is 261 Å². The zero-order valence-corrected chi connectivity index (χ0v) is 26.2. The molecule has 2 aliphatic heterocycles. The first-order valence-electron chi connectivity index (χ1n) is 15.3. The Bertz CT molecular complexity index is 1520. The number of hydrogen-bond acceptors (Lipinski definition) is 6. The Kier molecular flexibility index (Phi) is 9.58. The molecule has 1 amide bonds. The van der Waals surface area contributed by atoms with Crippen molar-refractivity contribution >= 4 is 38.9 Å². The maximum atomic E-state index is 14.5. The van der Waals surface area contributed by atoms with E-state index in [1.807, 2.05) is 23.1 Å². The maximum Gasteiger partial charge on any atom is 0.421 e. The second kappa shape index (κ2) is 12.9. The number of allylic oxidation sites excluding steroid dienone is 1. The third-order valence-electron chi connectivity index (χ3n) is 9.41. The number of halogens is 4. The van der Waals surface area contributed by atoms with Gasteiger partial charge in [0.2, 0.25) is 10.0 Å². The van der Waals surface area contributed by atoms with Gasteiger partial charge in [-0.2, -0.15) is 13.2 Å². The molecule has 0 unspecified atom stereocenters. The summed E-state index contributed by atoms with van der Waals surface area (Å²) in [6.45, 7) is 2.84. The highest BCUT2D eigenvalue weighted by atomic mass is 35.5. The number of anilines is 2. The summed E-state index contributed by atoms with van der Waals surface area (Å²) in [4.78, 5) is 15.3. The van der Waals surface area contributed by atoms with Gasteiger partial charge in [0.15, 0.2) is 5.60 Å². The van der Waals surface area contributed by atoms with Crippen molar-refractivity contribution in [1.29, 1.82) is 0 Å². The number of aliphatic hydroxyl groups is 1. The molecule has 2 bridgehead atoms. The summed E-state index contributed by atoms with van der Waals surface area (Å²) >= 11 is 6.28. The monoisotopic (exact) mass is 653 g/mol. The van der Waals surface area contributed by atoms with E-state index in [4.69, 9.17) is 11.6 Å². The number of carbonyl (C=O) groups excluding carboxylic acids is 1. The van der Waals surface area contributed by atoms with Crippen LogP contribution >= 0.6 is 11.6 Å². The van der Waals surface area contributed by atoms with E-state index in [9.17, 15) is 31.5 Å². The van der Waals surface area contributed by atoms with Crippen molar-refractivity contribution in [3.05, 3.63) is 70.3 Å². The number of alkyl halides is 3. The van der Waals surface area contributed by atoms with Gasteiger partial charge in [0.25, 0.3) is 5.91 Å². The SMILES string of the molecule is CC[C@@H]1CC/C=C/[C@@](O)(C(F)(F)F)[C@@H]2CC[C@H]2CN2CCCCc3cc(Cl)ccc3CNc3ccc(cc32)C(=O)NS1(=O)=O. The minimum Gasteiger partial charge on any atom is -0.379 e. The van der Waals surface area contributed by atoms with Gasteiger partial charge in [-0.25, -0.2) is 13.1 Å². The predicted octanol–water partition coefficient (Wildman–Crippen LogP) is 6.60. The molecule has 3 aliphatic rings. The highest BCUT2D eigenvalue weighted by Gasteiger charge is 2.60. The molecular weight excluding hydrogens is 615 g/mol. The fourth-order valence-electron chi connectivity index (χ4n) is 6.68.